The molecule has 0 aromatic carbocycles. The second-order valence-electron chi connectivity index (χ2n) is 2.43. The number of nitrogens with two attached hydrogens (primary N) is 1. The summed E-state index contributed by atoms with van der Waals surface area (Å²) in [6, 6.07) is 1.54. The minimum atomic E-state index is -0.332. The van der Waals surface area contributed by atoms with Crippen molar-refractivity contribution < 1.29 is 4.79 Å². The van der Waals surface area contributed by atoms with Crippen LogP contribution in [0.4, 0.5) is 5.82 Å². The summed E-state index contributed by atoms with van der Waals surface area (Å²) in [7, 11) is 0. The molecule has 3 N–H and O–H groups in total. The first-order chi connectivity index (χ1) is 6.27. The third-order valence-electron chi connectivity index (χ3n) is 1.52. The van der Waals surface area contributed by atoms with Crippen molar-refractivity contribution >= 4 is 11.7 Å². The number of nitrogens with zero attached hydrogens (tertiary/aromatic N) is 3. The molecule has 2 aromatic rings. The number of aromatic amines is 1. The molecule has 2 heterocycles. The van der Waals surface area contributed by atoms with Crippen molar-refractivity contribution in [2.45, 2.75) is 0 Å². The molecule has 0 radical (unpaired) electrons. The normalized spacial score (nSPS) is 10.2. The lowest BCUT2D eigenvalue weighted by Crippen LogP contribution is -2.14. The lowest BCUT2D eigenvalue weighted by atomic mass is 10.6. The van der Waals surface area contributed by atoms with Crippen LogP contribution in [0.25, 0.3) is 0 Å². The molecular weight excluding hydrogens is 170 g/mol. The third-order valence-corrected chi connectivity index (χ3v) is 1.52. The van der Waals surface area contributed by atoms with Gasteiger partial charge in [-0.2, -0.15) is 4.68 Å². The maximum atomic E-state index is 11.5. The Morgan fingerprint density at radius 2 is 2.46 bits per heavy atom. The highest BCUT2D eigenvalue weighted by atomic mass is 16.2. The van der Waals surface area contributed by atoms with Gasteiger partial charge < -0.3 is 10.7 Å². The molecule has 0 saturated heterocycles. The van der Waals surface area contributed by atoms with E-state index in [2.05, 4.69) is 15.1 Å². The van der Waals surface area contributed by atoms with Crippen LogP contribution in [0.5, 0.6) is 0 Å². The van der Waals surface area contributed by atoms with Crippen LogP contribution >= 0.6 is 0 Å². The molecule has 0 spiro atoms. The number of hydrogen-bond acceptors (Lipinski definition) is 4. The highest BCUT2D eigenvalue weighted by Crippen LogP contribution is 1.99. The number of imidazole rings is 1. The first-order valence-corrected chi connectivity index (χ1v) is 3.62. The first kappa shape index (κ1) is 7.53. The smallest absolute Gasteiger partial charge is 0.313 e. The molecule has 0 bridgehead atoms. The molecular formula is C7H7N5O. The van der Waals surface area contributed by atoms with Crippen LogP contribution < -0.4 is 5.73 Å². The Labute approximate surface area is 73.4 Å². The number of aromatic nitrogens is 4. The zero-order valence-corrected chi connectivity index (χ0v) is 6.64. The van der Waals surface area contributed by atoms with E-state index < -0.39 is 0 Å². The van der Waals surface area contributed by atoms with Crippen molar-refractivity contribution in [1.82, 2.24) is 19.7 Å². The third kappa shape index (κ3) is 1.28. The maximum Gasteiger partial charge on any atom is 0.313 e. The summed E-state index contributed by atoms with van der Waals surface area (Å²) >= 11 is 0. The second kappa shape index (κ2) is 2.74. The number of rotatable bonds is 1. The highest BCUT2D eigenvalue weighted by Gasteiger charge is 2.10. The fraction of sp³-hybridized carbons (Fsp3) is 0. The molecule has 0 aliphatic heterocycles. The Bertz CT molecular complexity index is 416. The van der Waals surface area contributed by atoms with Crippen molar-refractivity contribution in [3.63, 3.8) is 0 Å². The molecule has 6 nitrogen and oxygen atoms in total. The van der Waals surface area contributed by atoms with Crippen molar-refractivity contribution in [1.29, 1.82) is 0 Å². The molecule has 66 valence electrons. The molecule has 0 atom stereocenters. The average Bonchev–Trinajstić information content (AvgIpc) is 2.72. The second-order valence-corrected chi connectivity index (χ2v) is 2.43. The zero-order valence-electron chi connectivity index (χ0n) is 6.64. The molecule has 6 heteroatoms. The SMILES string of the molecule is Nc1ccn(C(=O)c2ncc[nH]2)n1. The van der Waals surface area contributed by atoms with Gasteiger partial charge in [-0.05, 0) is 0 Å². The summed E-state index contributed by atoms with van der Waals surface area (Å²) in [5, 5.41) is 3.75. The number of nitrogen functional groups attached to an aromatic ring is 1. The maximum absolute atomic E-state index is 11.5. The predicted molar refractivity (Wildman–Crippen MR) is 45.0 cm³/mol. The number of nitrogens with one attached hydrogen (secondary N) is 1. The lowest BCUT2D eigenvalue weighted by Gasteiger charge is -1.94. The van der Waals surface area contributed by atoms with Crippen LogP contribution in [0, 0.1) is 0 Å². The van der Waals surface area contributed by atoms with E-state index in [0.29, 0.717) is 5.82 Å². The van der Waals surface area contributed by atoms with E-state index in [0.717, 1.165) is 4.68 Å². The van der Waals surface area contributed by atoms with Crippen molar-refractivity contribution in [2.24, 2.45) is 0 Å². The Morgan fingerprint density at radius 3 is 3.00 bits per heavy atom. The minimum absolute atomic E-state index is 0.239. The van der Waals surface area contributed by atoms with Gasteiger partial charge in [0.15, 0.2) is 5.82 Å². The van der Waals surface area contributed by atoms with E-state index in [9.17, 15) is 4.79 Å². The average molecular weight is 177 g/mol. The lowest BCUT2D eigenvalue weighted by molar-refractivity contribution is 0.0936. The Morgan fingerprint density at radius 1 is 1.62 bits per heavy atom. The van der Waals surface area contributed by atoms with E-state index in [1.54, 1.807) is 12.3 Å². The number of hydrogen-bond donors (Lipinski definition) is 2. The number of carbonyl (C=O) groups is 1. The summed E-state index contributed by atoms with van der Waals surface area (Å²) in [5.41, 5.74) is 5.36. The van der Waals surface area contributed by atoms with E-state index in [-0.39, 0.29) is 11.7 Å². The Balaban J connectivity index is 2.33. The van der Waals surface area contributed by atoms with E-state index in [4.69, 9.17) is 5.73 Å². The number of carbonyl (C=O) groups excluding carboxylic acids is 1. The van der Waals surface area contributed by atoms with Crippen LogP contribution in [0.1, 0.15) is 10.6 Å². The Kier molecular flexibility index (Phi) is 1.59. The van der Waals surface area contributed by atoms with E-state index in [1.807, 2.05) is 0 Å². The number of H-pyrrole nitrogens is 1. The molecule has 0 unspecified atom stereocenters. The van der Waals surface area contributed by atoms with Gasteiger partial charge in [-0.25, -0.2) is 4.98 Å². The van der Waals surface area contributed by atoms with Crippen LogP contribution in [0.2, 0.25) is 0 Å². The first-order valence-electron chi connectivity index (χ1n) is 3.62. The summed E-state index contributed by atoms with van der Waals surface area (Å²) in [5.74, 6) is 0.213. The quantitative estimate of drug-likeness (QED) is 0.635. The fourth-order valence-electron chi connectivity index (χ4n) is 0.942. The van der Waals surface area contributed by atoms with Gasteiger partial charge in [0.2, 0.25) is 0 Å². The van der Waals surface area contributed by atoms with Gasteiger partial charge >= 0.3 is 5.91 Å². The molecule has 0 saturated carbocycles. The van der Waals surface area contributed by atoms with Crippen LogP contribution in [-0.4, -0.2) is 25.7 Å². The molecule has 0 fully saturated rings. The van der Waals surface area contributed by atoms with Gasteiger partial charge in [-0.1, -0.05) is 0 Å². The van der Waals surface area contributed by atoms with Gasteiger partial charge in [0.05, 0.1) is 0 Å². The van der Waals surface area contributed by atoms with E-state index in [1.165, 1.54) is 12.4 Å². The largest absolute Gasteiger partial charge is 0.382 e. The van der Waals surface area contributed by atoms with Gasteiger partial charge in [0.25, 0.3) is 0 Å². The standard InChI is InChI=1S/C7H7N5O/c8-5-1-4-12(11-5)7(13)6-9-2-3-10-6/h1-4H,(H2,8,11)(H,9,10). The van der Waals surface area contributed by atoms with Crippen LogP contribution in [-0.2, 0) is 0 Å². The molecule has 2 aromatic heterocycles. The minimum Gasteiger partial charge on any atom is -0.382 e. The molecule has 2 rings (SSSR count). The summed E-state index contributed by atoms with van der Waals surface area (Å²) in [4.78, 5) is 17.9. The highest BCUT2D eigenvalue weighted by molar-refractivity contribution is 5.91. The monoisotopic (exact) mass is 177 g/mol. The predicted octanol–water partition coefficient (Wildman–Crippen LogP) is -0.123. The molecule has 0 aliphatic rings. The van der Waals surface area contributed by atoms with Gasteiger partial charge in [-0.3, -0.25) is 4.79 Å². The van der Waals surface area contributed by atoms with Gasteiger partial charge in [0, 0.05) is 24.7 Å². The van der Waals surface area contributed by atoms with Crippen molar-refractivity contribution in [2.75, 3.05) is 5.73 Å². The molecule has 0 amide bonds. The Hall–Kier alpha value is -2.11. The summed E-state index contributed by atoms with van der Waals surface area (Å²) < 4.78 is 1.13. The fourth-order valence-corrected chi connectivity index (χ4v) is 0.942. The van der Waals surface area contributed by atoms with E-state index >= 15 is 0 Å². The molecule has 13 heavy (non-hydrogen) atoms. The van der Waals surface area contributed by atoms with Crippen LogP contribution in [0.3, 0.4) is 0 Å². The molecule has 0 aliphatic carbocycles. The van der Waals surface area contributed by atoms with Crippen LogP contribution in [0.15, 0.2) is 24.7 Å². The van der Waals surface area contributed by atoms with Gasteiger partial charge in [-0.15, -0.1) is 5.10 Å². The van der Waals surface area contributed by atoms with Crippen molar-refractivity contribution in [3.05, 3.63) is 30.5 Å². The summed E-state index contributed by atoms with van der Waals surface area (Å²) in [6.45, 7) is 0. The topological polar surface area (TPSA) is 89.6 Å². The summed E-state index contributed by atoms with van der Waals surface area (Å²) in [6.07, 6.45) is 4.56. The number of anilines is 1. The van der Waals surface area contributed by atoms with Gasteiger partial charge in [0.1, 0.15) is 5.82 Å². The zero-order chi connectivity index (χ0) is 9.26. The van der Waals surface area contributed by atoms with Crippen molar-refractivity contribution in [3.8, 4) is 0 Å².